The molecule has 102 valence electrons. The van der Waals surface area contributed by atoms with Crippen molar-refractivity contribution in [1.29, 1.82) is 0 Å². The molecule has 1 aromatic carbocycles. The van der Waals surface area contributed by atoms with Crippen molar-refractivity contribution < 1.29 is 18.7 Å². The first-order valence-electron chi connectivity index (χ1n) is 6.00. The number of hydrazine groups is 1. The molecule has 0 aliphatic carbocycles. The van der Waals surface area contributed by atoms with Gasteiger partial charge in [-0.3, -0.25) is 14.6 Å². The fourth-order valence-electron chi connectivity index (χ4n) is 1.92. The van der Waals surface area contributed by atoms with Gasteiger partial charge in [-0.2, -0.15) is 0 Å². The topological polar surface area (TPSA) is 58.6 Å². The van der Waals surface area contributed by atoms with Crippen LogP contribution in [-0.2, 0) is 20.7 Å². The molecule has 0 aromatic heterocycles. The zero-order valence-electron chi connectivity index (χ0n) is 10.6. The number of nitrogens with one attached hydrogen (secondary N) is 1. The third kappa shape index (κ3) is 3.75. The molecule has 1 N–H and O–H groups in total. The third-order valence-electron chi connectivity index (χ3n) is 2.80. The van der Waals surface area contributed by atoms with Crippen LogP contribution >= 0.6 is 0 Å². The molecule has 6 heteroatoms. The summed E-state index contributed by atoms with van der Waals surface area (Å²) in [7, 11) is 0. The van der Waals surface area contributed by atoms with Crippen molar-refractivity contribution in [2.75, 3.05) is 13.1 Å². The Kier molecular flexibility index (Phi) is 4.11. The van der Waals surface area contributed by atoms with Crippen LogP contribution in [0.1, 0.15) is 12.5 Å². The molecule has 0 bridgehead atoms. The second kappa shape index (κ2) is 5.79. The van der Waals surface area contributed by atoms with E-state index in [-0.39, 0.29) is 30.2 Å². The van der Waals surface area contributed by atoms with Gasteiger partial charge in [-0.15, -0.1) is 0 Å². The molecule has 1 aliphatic rings. The lowest BCUT2D eigenvalue weighted by Crippen LogP contribution is -2.38. The average Bonchev–Trinajstić information content (AvgIpc) is 2.80. The fourth-order valence-corrected chi connectivity index (χ4v) is 1.92. The Bertz CT molecular complexity index is 475. The zero-order chi connectivity index (χ0) is 13.8. The van der Waals surface area contributed by atoms with E-state index in [9.17, 15) is 14.0 Å². The number of hydrogen-bond acceptors (Lipinski definition) is 4. The van der Waals surface area contributed by atoms with Gasteiger partial charge in [-0.25, -0.2) is 9.82 Å². The van der Waals surface area contributed by atoms with Gasteiger partial charge < -0.3 is 4.74 Å². The van der Waals surface area contributed by atoms with Crippen molar-refractivity contribution in [1.82, 2.24) is 10.4 Å². The summed E-state index contributed by atoms with van der Waals surface area (Å²) in [6.45, 7) is 2.09. The highest BCUT2D eigenvalue weighted by molar-refractivity contribution is 5.78. The number of rotatable bonds is 3. The van der Waals surface area contributed by atoms with Crippen LogP contribution in [-0.4, -0.2) is 36.1 Å². The summed E-state index contributed by atoms with van der Waals surface area (Å²) in [5.41, 5.74) is 3.62. The van der Waals surface area contributed by atoms with Crippen LogP contribution in [0.3, 0.4) is 0 Å². The smallest absolute Gasteiger partial charge is 0.303 e. The number of halogens is 1. The number of amides is 1. The molecular formula is C13H15FN2O3. The monoisotopic (exact) mass is 266 g/mol. The molecular weight excluding hydrogens is 251 g/mol. The Balaban J connectivity index is 1.87. The Morgan fingerprint density at radius 3 is 2.74 bits per heavy atom. The Hall–Kier alpha value is -1.95. The lowest BCUT2D eigenvalue weighted by Gasteiger charge is -2.15. The van der Waals surface area contributed by atoms with Gasteiger partial charge in [-0.05, 0) is 17.7 Å². The summed E-state index contributed by atoms with van der Waals surface area (Å²) in [6.07, 6.45) is -0.130. The van der Waals surface area contributed by atoms with Gasteiger partial charge in [0, 0.05) is 6.92 Å². The predicted molar refractivity (Wildman–Crippen MR) is 65.4 cm³/mol. The quantitative estimate of drug-likeness (QED) is 0.816. The minimum atomic E-state index is -0.361. The maximum atomic E-state index is 12.7. The molecule has 1 fully saturated rings. The lowest BCUT2D eigenvalue weighted by atomic mass is 10.1. The van der Waals surface area contributed by atoms with E-state index in [0.29, 0.717) is 13.1 Å². The number of nitrogens with zero attached hydrogens (tertiary/aromatic N) is 1. The number of ether oxygens (including phenoxy) is 1. The molecule has 1 aliphatic heterocycles. The second-order valence-electron chi connectivity index (χ2n) is 4.40. The second-order valence-corrected chi connectivity index (χ2v) is 4.40. The normalized spacial score (nSPS) is 18.4. The first-order valence-corrected chi connectivity index (χ1v) is 6.00. The van der Waals surface area contributed by atoms with Crippen LogP contribution in [0.25, 0.3) is 0 Å². The largest absolute Gasteiger partial charge is 0.459 e. The van der Waals surface area contributed by atoms with Gasteiger partial charge in [0.05, 0.1) is 19.5 Å². The van der Waals surface area contributed by atoms with Crippen LogP contribution < -0.4 is 5.43 Å². The van der Waals surface area contributed by atoms with Gasteiger partial charge in [0.25, 0.3) is 0 Å². The third-order valence-corrected chi connectivity index (χ3v) is 2.80. The molecule has 0 spiro atoms. The summed E-state index contributed by atoms with van der Waals surface area (Å²) in [6, 6.07) is 5.79. The van der Waals surface area contributed by atoms with Crippen molar-refractivity contribution in [3.63, 3.8) is 0 Å². The molecule has 5 nitrogen and oxygen atoms in total. The van der Waals surface area contributed by atoms with Crippen molar-refractivity contribution >= 4 is 11.9 Å². The Morgan fingerprint density at radius 1 is 1.42 bits per heavy atom. The van der Waals surface area contributed by atoms with E-state index in [2.05, 4.69) is 5.43 Å². The standard InChI is InChI=1S/C13H15FN2O3/c1-9(17)19-12-7-15-16(8-12)13(18)6-10-2-4-11(14)5-3-10/h2-5,12,15H,6-8H2,1H3. The average molecular weight is 266 g/mol. The molecule has 1 aromatic rings. The highest BCUT2D eigenvalue weighted by Crippen LogP contribution is 2.08. The van der Waals surface area contributed by atoms with Crippen LogP contribution in [0, 0.1) is 5.82 Å². The highest BCUT2D eigenvalue weighted by atomic mass is 19.1. The van der Waals surface area contributed by atoms with E-state index in [1.165, 1.54) is 24.1 Å². The first kappa shape index (κ1) is 13.5. The van der Waals surface area contributed by atoms with Crippen LogP contribution in [0.2, 0.25) is 0 Å². The van der Waals surface area contributed by atoms with Crippen LogP contribution in [0.15, 0.2) is 24.3 Å². The molecule has 1 saturated heterocycles. The molecule has 0 saturated carbocycles. The predicted octanol–water partition coefficient (Wildman–Crippen LogP) is 0.647. The van der Waals surface area contributed by atoms with Crippen LogP contribution in [0.5, 0.6) is 0 Å². The number of benzene rings is 1. The molecule has 1 heterocycles. The molecule has 1 atom stereocenters. The molecule has 0 radical (unpaired) electrons. The number of esters is 1. The van der Waals surface area contributed by atoms with E-state index < -0.39 is 0 Å². The van der Waals surface area contributed by atoms with Gasteiger partial charge in [-0.1, -0.05) is 12.1 Å². The van der Waals surface area contributed by atoms with E-state index in [4.69, 9.17) is 4.74 Å². The summed E-state index contributed by atoms with van der Waals surface area (Å²) in [4.78, 5) is 22.8. The van der Waals surface area contributed by atoms with Gasteiger partial charge in [0.2, 0.25) is 5.91 Å². The van der Waals surface area contributed by atoms with Gasteiger partial charge >= 0.3 is 5.97 Å². The van der Waals surface area contributed by atoms with E-state index in [0.717, 1.165) is 5.56 Å². The van der Waals surface area contributed by atoms with E-state index in [1.54, 1.807) is 12.1 Å². The van der Waals surface area contributed by atoms with E-state index >= 15 is 0 Å². The van der Waals surface area contributed by atoms with Crippen molar-refractivity contribution in [3.05, 3.63) is 35.6 Å². The first-order chi connectivity index (χ1) is 9.04. The maximum absolute atomic E-state index is 12.7. The molecule has 1 unspecified atom stereocenters. The van der Waals surface area contributed by atoms with Crippen molar-refractivity contribution in [2.45, 2.75) is 19.4 Å². The summed E-state index contributed by atoms with van der Waals surface area (Å²) >= 11 is 0. The molecule has 19 heavy (non-hydrogen) atoms. The fraction of sp³-hybridized carbons (Fsp3) is 0.385. The van der Waals surface area contributed by atoms with Gasteiger partial charge in [0.1, 0.15) is 11.9 Å². The maximum Gasteiger partial charge on any atom is 0.303 e. The zero-order valence-corrected chi connectivity index (χ0v) is 10.6. The van der Waals surface area contributed by atoms with E-state index in [1.807, 2.05) is 0 Å². The molecule has 1 amide bonds. The Morgan fingerprint density at radius 2 is 2.11 bits per heavy atom. The number of carbonyl (C=O) groups is 2. The highest BCUT2D eigenvalue weighted by Gasteiger charge is 2.27. The van der Waals surface area contributed by atoms with Crippen LogP contribution in [0.4, 0.5) is 4.39 Å². The minimum Gasteiger partial charge on any atom is -0.459 e. The summed E-state index contributed by atoms with van der Waals surface area (Å²) in [5, 5.41) is 1.43. The van der Waals surface area contributed by atoms with Crippen molar-refractivity contribution in [2.24, 2.45) is 0 Å². The summed E-state index contributed by atoms with van der Waals surface area (Å²) < 4.78 is 17.8. The number of carbonyl (C=O) groups excluding carboxylic acids is 2. The minimum absolute atomic E-state index is 0.138. The Labute approximate surface area is 110 Å². The summed E-state index contributed by atoms with van der Waals surface area (Å²) in [5.74, 6) is -0.827. The SMILES string of the molecule is CC(=O)OC1CNN(C(=O)Cc2ccc(F)cc2)C1. The lowest BCUT2D eigenvalue weighted by molar-refractivity contribution is -0.146. The van der Waals surface area contributed by atoms with Gasteiger partial charge in [0.15, 0.2) is 0 Å². The van der Waals surface area contributed by atoms with Crippen molar-refractivity contribution in [3.8, 4) is 0 Å². The molecule has 2 rings (SSSR count). The number of hydrogen-bond donors (Lipinski definition) is 1.